The highest BCUT2D eigenvalue weighted by molar-refractivity contribution is 5.24. The zero-order valence-electron chi connectivity index (χ0n) is 11.4. The van der Waals surface area contributed by atoms with Gasteiger partial charge in [-0.15, -0.1) is 0 Å². The molecule has 0 aromatic rings. The fraction of sp³-hybridized carbons (Fsp3) is 0.600. The Balaban J connectivity index is 0.00000106. The largest absolute Gasteiger partial charge is 0.375 e. The second-order valence-electron chi connectivity index (χ2n) is 3.91. The molecule has 0 saturated carbocycles. The summed E-state index contributed by atoms with van der Waals surface area (Å²) in [4.78, 5) is 2.49. The minimum Gasteiger partial charge on any atom is -0.375 e. The molecular weight excluding hydrogens is 194 g/mol. The van der Waals surface area contributed by atoms with E-state index in [1.54, 1.807) is 0 Å². The fourth-order valence-electron chi connectivity index (χ4n) is 1.81. The van der Waals surface area contributed by atoms with E-state index >= 15 is 0 Å². The van der Waals surface area contributed by atoms with Gasteiger partial charge < -0.3 is 4.90 Å². The summed E-state index contributed by atoms with van der Waals surface area (Å²) >= 11 is 0. The van der Waals surface area contributed by atoms with Crippen LogP contribution in [0.15, 0.2) is 36.1 Å². The maximum absolute atomic E-state index is 3.68. The van der Waals surface area contributed by atoms with Gasteiger partial charge in [0, 0.05) is 18.8 Å². The van der Waals surface area contributed by atoms with Crippen molar-refractivity contribution in [1.29, 1.82) is 0 Å². The molecule has 1 nitrogen and oxygen atoms in total. The number of piperidine rings is 1. The van der Waals surface area contributed by atoms with Crippen molar-refractivity contribution < 1.29 is 0 Å². The number of nitrogens with zero attached hydrogens (tertiary/aromatic N) is 1. The summed E-state index contributed by atoms with van der Waals surface area (Å²) in [6, 6.07) is 0. The minimum atomic E-state index is 1.23. The number of hydrogen-bond donors (Lipinski definition) is 0. The molecule has 0 spiro atoms. The molecule has 1 saturated heterocycles. The quantitative estimate of drug-likeness (QED) is 0.633. The Bertz CT molecular complexity index is 242. The van der Waals surface area contributed by atoms with Crippen LogP contribution in [-0.2, 0) is 0 Å². The summed E-state index contributed by atoms with van der Waals surface area (Å²) in [5.41, 5.74) is 2.77. The van der Waals surface area contributed by atoms with Gasteiger partial charge in [-0.25, -0.2) is 0 Å². The van der Waals surface area contributed by atoms with E-state index in [9.17, 15) is 0 Å². The van der Waals surface area contributed by atoms with Crippen LogP contribution in [-0.4, -0.2) is 18.0 Å². The summed E-state index contributed by atoms with van der Waals surface area (Å²) in [6.07, 6.45) is 10.0. The standard InChI is InChI=1S/C13H21N.C2H6/c1-4-5-9-12(2)13(3)14-10-7-6-8-11-14;1-2/h4-5,9H,1,6-8,10-11H2,2-3H3;1-2H3/b9-5-,13-12+;. The van der Waals surface area contributed by atoms with Crippen molar-refractivity contribution >= 4 is 0 Å². The van der Waals surface area contributed by atoms with Gasteiger partial charge in [-0.05, 0) is 38.7 Å². The molecule has 16 heavy (non-hydrogen) atoms. The lowest BCUT2D eigenvalue weighted by Gasteiger charge is -2.30. The molecule has 0 bridgehead atoms. The highest BCUT2D eigenvalue weighted by Crippen LogP contribution is 2.17. The Labute approximate surface area is 102 Å². The molecule has 1 fully saturated rings. The lowest BCUT2D eigenvalue weighted by Crippen LogP contribution is -2.28. The number of rotatable bonds is 3. The first-order valence-corrected chi connectivity index (χ1v) is 6.47. The zero-order chi connectivity index (χ0) is 12.4. The van der Waals surface area contributed by atoms with Crippen molar-refractivity contribution in [3.8, 4) is 0 Å². The normalized spacial score (nSPS) is 17.6. The number of allylic oxidation sites excluding steroid dienone is 5. The number of likely N-dealkylation sites (tertiary alicyclic amines) is 1. The lowest BCUT2D eigenvalue weighted by atomic mass is 10.1. The topological polar surface area (TPSA) is 3.24 Å². The van der Waals surface area contributed by atoms with Crippen LogP contribution in [0.1, 0.15) is 47.0 Å². The van der Waals surface area contributed by atoms with E-state index in [-0.39, 0.29) is 0 Å². The first kappa shape index (κ1) is 15.0. The maximum Gasteiger partial charge on any atom is 0.0175 e. The fourth-order valence-corrected chi connectivity index (χ4v) is 1.81. The van der Waals surface area contributed by atoms with Crippen LogP contribution in [0.2, 0.25) is 0 Å². The van der Waals surface area contributed by atoms with Crippen molar-refractivity contribution in [1.82, 2.24) is 4.90 Å². The molecule has 1 heteroatoms. The first-order chi connectivity index (χ1) is 7.75. The molecule has 0 N–H and O–H groups in total. The van der Waals surface area contributed by atoms with Gasteiger partial charge >= 0.3 is 0 Å². The average Bonchev–Trinajstić information content (AvgIpc) is 2.38. The van der Waals surface area contributed by atoms with E-state index in [2.05, 4.69) is 31.4 Å². The highest BCUT2D eigenvalue weighted by atomic mass is 15.1. The monoisotopic (exact) mass is 221 g/mol. The van der Waals surface area contributed by atoms with E-state index in [1.807, 2.05) is 26.0 Å². The zero-order valence-corrected chi connectivity index (χ0v) is 11.4. The van der Waals surface area contributed by atoms with E-state index in [1.165, 1.54) is 43.6 Å². The van der Waals surface area contributed by atoms with Crippen LogP contribution in [0.4, 0.5) is 0 Å². The van der Waals surface area contributed by atoms with E-state index in [0.717, 1.165) is 0 Å². The molecule has 1 heterocycles. The third-order valence-electron chi connectivity index (χ3n) is 2.88. The molecular formula is C15H27N. The van der Waals surface area contributed by atoms with Gasteiger partial charge in [0.05, 0.1) is 0 Å². The van der Waals surface area contributed by atoms with Crippen molar-refractivity contribution in [3.05, 3.63) is 36.1 Å². The second kappa shape index (κ2) is 9.26. The maximum atomic E-state index is 3.68. The Morgan fingerprint density at radius 1 is 1.06 bits per heavy atom. The third-order valence-corrected chi connectivity index (χ3v) is 2.88. The molecule has 0 aromatic heterocycles. The smallest absolute Gasteiger partial charge is 0.0175 e. The van der Waals surface area contributed by atoms with Crippen LogP contribution in [0.5, 0.6) is 0 Å². The Hall–Kier alpha value is -0.980. The summed E-state index contributed by atoms with van der Waals surface area (Å²) in [5.74, 6) is 0. The molecule has 92 valence electrons. The van der Waals surface area contributed by atoms with Crippen LogP contribution in [0.3, 0.4) is 0 Å². The summed E-state index contributed by atoms with van der Waals surface area (Å²) in [7, 11) is 0. The van der Waals surface area contributed by atoms with Gasteiger partial charge in [-0.2, -0.15) is 0 Å². The summed E-state index contributed by atoms with van der Waals surface area (Å²) < 4.78 is 0. The Morgan fingerprint density at radius 2 is 1.62 bits per heavy atom. The molecule has 0 aromatic carbocycles. The van der Waals surface area contributed by atoms with Crippen molar-refractivity contribution in [3.63, 3.8) is 0 Å². The molecule has 1 aliphatic heterocycles. The molecule has 0 aliphatic carbocycles. The van der Waals surface area contributed by atoms with Gasteiger partial charge in [-0.1, -0.05) is 38.7 Å². The highest BCUT2D eigenvalue weighted by Gasteiger charge is 2.10. The SMILES string of the molecule is C=C/C=C\C(C)=C(/C)N1CCCCC1.CC. The lowest BCUT2D eigenvalue weighted by molar-refractivity contribution is 0.284. The molecule has 0 atom stereocenters. The van der Waals surface area contributed by atoms with E-state index in [0.29, 0.717) is 0 Å². The van der Waals surface area contributed by atoms with E-state index < -0.39 is 0 Å². The molecule has 0 radical (unpaired) electrons. The van der Waals surface area contributed by atoms with Crippen molar-refractivity contribution in [2.45, 2.75) is 47.0 Å². The van der Waals surface area contributed by atoms with Gasteiger partial charge in [-0.3, -0.25) is 0 Å². The predicted octanol–water partition coefficient (Wildman–Crippen LogP) is 4.53. The third kappa shape index (κ3) is 5.20. The Morgan fingerprint density at radius 3 is 2.12 bits per heavy atom. The van der Waals surface area contributed by atoms with Crippen LogP contribution < -0.4 is 0 Å². The van der Waals surface area contributed by atoms with Gasteiger partial charge in [0.2, 0.25) is 0 Å². The average molecular weight is 221 g/mol. The van der Waals surface area contributed by atoms with E-state index in [4.69, 9.17) is 0 Å². The first-order valence-electron chi connectivity index (χ1n) is 6.47. The molecule has 0 amide bonds. The predicted molar refractivity (Wildman–Crippen MR) is 74.5 cm³/mol. The molecule has 1 aliphatic rings. The minimum absolute atomic E-state index is 1.23. The van der Waals surface area contributed by atoms with Crippen LogP contribution >= 0.6 is 0 Å². The van der Waals surface area contributed by atoms with Crippen molar-refractivity contribution in [2.75, 3.05) is 13.1 Å². The second-order valence-corrected chi connectivity index (χ2v) is 3.91. The Kier molecular flexibility index (Phi) is 8.69. The van der Waals surface area contributed by atoms with Crippen LogP contribution in [0, 0.1) is 0 Å². The summed E-state index contributed by atoms with van der Waals surface area (Å²) in [5, 5.41) is 0. The van der Waals surface area contributed by atoms with Gasteiger partial charge in [0.15, 0.2) is 0 Å². The number of hydrogen-bond acceptors (Lipinski definition) is 1. The molecule has 0 unspecified atom stereocenters. The summed E-state index contributed by atoms with van der Waals surface area (Å²) in [6.45, 7) is 14.5. The van der Waals surface area contributed by atoms with Gasteiger partial charge in [0.1, 0.15) is 0 Å². The molecule has 1 rings (SSSR count). The van der Waals surface area contributed by atoms with Crippen molar-refractivity contribution in [2.24, 2.45) is 0 Å². The van der Waals surface area contributed by atoms with Crippen LogP contribution in [0.25, 0.3) is 0 Å². The van der Waals surface area contributed by atoms with Gasteiger partial charge in [0.25, 0.3) is 0 Å².